The van der Waals surface area contributed by atoms with Gasteiger partial charge in [0.25, 0.3) is 5.56 Å². The maximum Gasteiger partial charge on any atom is 0.252 e. The van der Waals surface area contributed by atoms with Crippen molar-refractivity contribution in [3.63, 3.8) is 0 Å². The lowest BCUT2D eigenvalue weighted by atomic mass is 10.1. The number of nitrogens with one attached hydrogen (secondary N) is 1. The number of fused-ring (bicyclic) bond motifs is 1. The highest BCUT2D eigenvalue weighted by Gasteiger charge is 2.10. The Bertz CT molecular complexity index is 538. The first-order valence-electron chi connectivity index (χ1n) is 5.10. The lowest BCUT2D eigenvalue weighted by Crippen LogP contribution is -2.13. The number of H-pyrrole nitrogens is 1. The normalized spacial score (nSPS) is 11.5. The Balaban J connectivity index is 2.78. The van der Waals surface area contributed by atoms with Gasteiger partial charge in [0.05, 0.1) is 5.69 Å². The molecule has 0 radical (unpaired) electrons. The predicted molar refractivity (Wildman–Crippen MR) is 57.1 cm³/mol. The number of aromatic nitrogens is 4. The van der Waals surface area contributed by atoms with Gasteiger partial charge >= 0.3 is 0 Å². The maximum atomic E-state index is 11.4. The van der Waals surface area contributed by atoms with Gasteiger partial charge in [-0.2, -0.15) is 4.98 Å². The van der Waals surface area contributed by atoms with E-state index < -0.39 is 0 Å². The van der Waals surface area contributed by atoms with Crippen molar-refractivity contribution in [3.8, 4) is 0 Å². The highest BCUT2D eigenvalue weighted by molar-refractivity contribution is 5.29. The number of rotatable bonds is 2. The fourth-order valence-electron chi connectivity index (χ4n) is 1.52. The molecule has 0 unspecified atom stereocenters. The van der Waals surface area contributed by atoms with E-state index in [1.807, 2.05) is 20.8 Å². The molecule has 1 N–H and O–H groups in total. The Morgan fingerprint density at radius 3 is 2.87 bits per heavy atom. The Labute approximate surface area is 87.2 Å². The second-order valence-electron chi connectivity index (χ2n) is 3.83. The molecule has 0 atom stereocenters. The lowest BCUT2D eigenvalue weighted by molar-refractivity contribution is 0.736. The highest BCUT2D eigenvalue weighted by atomic mass is 16.1. The molecule has 2 rings (SSSR count). The topological polar surface area (TPSA) is 63.0 Å². The molecule has 0 saturated carbocycles. The summed E-state index contributed by atoms with van der Waals surface area (Å²) in [6, 6.07) is 1.58. The van der Waals surface area contributed by atoms with Crippen LogP contribution >= 0.6 is 0 Å². The van der Waals surface area contributed by atoms with E-state index in [9.17, 15) is 4.79 Å². The van der Waals surface area contributed by atoms with Gasteiger partial charge in [0, 0.05) is 12.5 Å². The molecule has 0 bridgehead atoms. The summed E-state index contributed by atoms with van der Waals surface area (Å²) in [5.41, 5.74) is 0.766. The van der Waals surface area contributed by atoms with E-state index in [1.54, 1.807) is 10.6 Å². The van der Waals surface area contributed by atoms with Crippen molar-refractivity contribution in [3.05, 3.63) is 27.9 Å². The standard InChI is InChI=1S/C10H14N4O/c1-4-8-11-10-12-9(15)5-7(6(2)3)14(10)13-8/h5-6H,4H2,1-3H3,(H,11,12,13,15). The Kier molecular flexibility index (Phi) is 2.30. The molecule has 0 aliphatic heterocycles. The molecular formula is C10H14N4O. The minimum Gasteiger partial charge on any atom is -0.291 e. The van der Waals surface area contributed by atoms with Crippen molar-refractivity contribution >= 4 is 5.78 Å². The van der Waals surface area contributed by atoms with Crippen molar-refractivity contribution in [2.75, 3.05) is 0 Å². The largest absolute Gasteiger partial charge is 0.291 e. The summed E-state index contributed by atoms with van der Waals surface area (Å²) in [5, 5.41) is 4.33. The number of hydrogen-bond donors (Lipinski definition) is 1. The smallest absolute Gasteiger partial charge is 0.252 e. The second-order valence-corrected chi connectivity index (χ2v) is 3.83. The molecule has 2 aromatic rings. The third-order valence-corrected chi connectivity index (χ3v) is 2.32. The summed E-state index contributed by atoms with van der Waals surface area (Å²) < 4.78 is 1.71. The Morgan fingerprint density at radius 1 is 1.53 bits per heavy atom. The zero-order valence-corrected chi connectivity index (χ0v) is 9.11. The first kappa shape index (κ1) is 9.89. The molecule has 0 spiro atoms. The summed E-state index contributed by atoms with van der Waals surface area (Å²) in [5.74, 6) is 1.53. The van der Waals surface area contributed by atoms with E-state index >= 15 is 0 Å². The van der Waals surface area contributed by atoms with Gasteiger partial charge in [-0.3, -0.25) is 9.78 Å². The van der Waals surface area contributed by atoms with E-state index in [0.717, 1.165) is 17.9 Å². The monoisotopic (exact) mass is 206 g/mol. The van der Waals surface area contributed by atoms with E-state index in [-0.39, 0.29) is 11.5 Å². The summed E-state index contributed by atoms with van der Waals surface area (Å²) in [6.07, 6.45) is 0.765. The minimum absolute atomic E-state index is 0.124. The molecule has 2 heterocycles. The van der Waals surface area contributed by atoms with E-state index in [0.29, 0.717) is 5.78 Å². The molecule has 5 heteroatoms. The van der Waals surface area contributed by atoms with E-state index in [2.05, 4.69) is 15.1 Å². The first-order valence-corrected chi connectivity index (χ1v) is 5.10. The summed E-state index contributed by atoms with van der Waals surface area (Å²) in [6.45, 7) is 6.05. The van der Waals surface area contributed by atoms with Crippen molar-refractivity contribution in [2.24, 2.45) is 0 Å². The molecule has 0 aliphatic carbocycles. The highest BCUT2D eigenvalue weighted by Crippen LogP contribution is 2.12. The van der Waals surface area contributed by atoms with Crippen LogP contribution in [-0.4, -0.2) is 19.6 Å². The van der Waals surface area contributed by atoms with Crippen molar-refractivity contribution < 1.29 is 0 Å². The van der Waals surface area contributed by atoms with Gasteiger partial charge < -0.3 is 0 Å². The fourth-order valence-corrected chi connectivity index (χ4v) is 1.52. The predicted octanol–water partition coefficient (Wildman–Crippen LogP) is 1.10. The van der Waals surface area contributed by atoms with Crippen LogP contribution in [0.15, 0.2) is 10.9 Å². The van der Waals surface area contributed by atoms with Crippen LogP contribution in [0, 0.1) is 0 Å². The van der Waals surface area contributed by atoms with Crippen LogP contribution in [0.5, 0.6) is 0 Å². The zero-order chi connectivity index (χ0) is 11.0. The molecule has 0 fully saturated rings. The lowest BCUT2D eigenvalue weighted by Gasteiger charge is -2.05. The summed E-state index contributed by atoms with van der Waals surface area (Å²) in [7, 11) is 0. The third kappa shape index (κ3) is 1.65. The number of nitrogens with zero attached hydrogens (tertiary/aromatic N) is 3. The Morgan fingerprint density at radius 2 is 2.27 bits per heavy atom. The zero-order valence-electron chi connectivity index (χ0n) is 9.11. The van der Waals surface area contributed by atoms with Crippen LogP contribution in [0.3, 0.4) is 0 Å². The van der Waals surface area contributed by atoms with Gasteiger partial charge in [-0.05, 0) is 5.92 Å². The molecule has 5 nitrogen and oxygen atoms in total. The third-order valence-electron chi connectivity index (χ3n) is 2.32. The average Bonchev–Trinajstić information content (AvgIpc) is 2.58. The van der Waals surface area contributed by atoms with Crippen molar-refractivity contribution in [1.29, 1.82) is 0 Å². The quantitative estimate of drug-likeness (QED) is 0.800. The second kappa shape index (κ2) is 3.49. The first-order chi connectivity index (χ1) is 7.11. The van der Waals surface area contributed by atoms with Gasteiger partial charge in [0.2, 0.25) is 5.78 Å². The SMILES string of the molecule is CCc1nc2[nH]c(=O)cc(C(C)C)n2n1. The van der Waals surface area contributed by atoms with Crippen molar-refractivity contribution in [1.82, 2.24) is 19.6 Å². The molecule has 0 saturated heterocycles. The van der Waals surface area contributed by atoms with Crippen LogP contribution in [0.2, 0.25) is 0 Å². The van der Waals surface area contributed by atoms with Crippen molar-refractivity contribution in [2.45, 2.75) is 33.1 Å². The van der Waals surface area contributed by atoms with Gasteiger partial charge in [0.15, 0.2) is 5.82 Å². The fraction of sp³-hybridized carbons (Fsp3) is 0.500. The van der Waals surface area contributed by atoms with Gasteiger partial charge in [-0.15, -0.1) is 5.10 Å². The van der Waals surface area contributed by atoms with Crippen LogP contribution in [0.1, 0.15) is 38.2 Å². The van der Waals surface area contributed by atoms with Gasteiger partial charge in [0.1, 0.15) is 0 Å². The summed E-state index contributed by atoms with van der Waals surface area (Å²) in [4.78, 5) is 18.3. The molecule has 15 heavy (non-hydrogen) atoms. The van der Waals surface area contributed by atoms with Crippen LogP contribution in [0.25, 0.3) is 5.78 Å². The molecule has 0 aromatic carbocycles. The minimum atomic E-state index is -0.124. The molecule has 80 valence electrons. The number of aryl methyl sites for hydroxylation is 1. The van der Waals surface area contributed by atoms with E-state index in [1.165, 1.54) is 0 Å². The van der Waals surface area contributed by atoms with Gasteiger partial charge in [-0.25, -0.2) is 4.52 Å². The Hall–Kier alpha value is -1.65. The van der Waals surface area contributed by atoms with Gasteiger partial charge in [-0.1, -0.05) is 20.8 Å². The number of aromatic amines is 1. The number of hydrogen-bond acceptors (Lipinski definition) is 3. The molecule has 0 aliphatic rings. The van der Waals surface area contributed by atoms with Crippen LogP contribution in [-0.2, 0) is 6.42 Å². The maximum absolute atomic E-state index is 11.4. The molecular weight excluding hydrogens is 192 g/mol. The average molecular weight is 206 g/mol. The van der Waals surface area contributed by atoms with Crippen LogP contribution in [0.4, 0.5) is 0 Å². The molecule has 2 aromatic heterocycles. The summed E-state index contributed by atoms with van der Waals surface area (Å²) >= 11 is 0. The van der Waals surface area contributed by atoms with Crippen LogP contribution < -0.4 is 5.56 Å². The molecule has 0 amide bonds. The van der Waals surface area contributed by atoms with E-state index in [4.69, 9.17) is 0 Å².